The lowest BCUT2D eigenvalue weighted by atomic mass is 10.2. The topological polar surface area (TPSA) is 80.0 Å². The standard InChI is InChI=1S/C14H17ClN4O2/c1-10-4-5-11(15)7-13(10)16-14(21)9-19-8-12(17-18-19)3-2-6-20/h4-5,7-8,20H,2-3,6,9H2,1H3,(H,16,21). The first-order valence-electron chi connectivity index (χ1n) is 6.64. The molecular formula is C14H17ClN4O2. The summed E-state index contributed by atoms with van der Waals surface area (Å²) in [6, 6.07) is 5.33. The normalized spacial score (nSPS) is 10.6. The summed E-state index contributed by atoms with van der Waals surface area (Å²) >= 11 is 5.91. The number of carbonyl (C=O) groups excluding carboxylic acids is 1. The largest absolute Gasteiger partial charge is 0.396 e. The number of benzene rings is 1. The van der Waals surface area contributed by atoms with E-state index in [1.54, 1.807) is 18.3 Å². The van der Waals surface area contributed by atoms with E-state index < -0.39 is 0 Å². The van der Waals surface area contributed by atoms with Crippen LogP contribution in [-0.4, -0.2) is 32.6 Å². The molecule has 0 spiro atoms. The second-order valence-electron chi connectivity index (χ2n) is 4.74. The molecule has 21 heavy (non-hydrogen) atoms. The summed E-state index contributed by atoms with van der Waals surface area (Å²) in [7, 11) is 0. The summed E-state index contributed by atoms with van der Waals surface area (Å²) in [5.74, 6) is -0.195. The summed E-state index contributed by atoms with van der Waals surface area (Å²) in [6.45, 7) is 2.09. The minimum absolute atomic E-state index is 0.0814. The van der Waals surface area contributed by atoms with Crippen LogP contribution in [0, 0.1) is 6.92 Å². The van der Waals surface area contributed by atoms with Crippen LogP contribution in [0.5, 0.6) is 0 Å². The van der Waals surface area contributed by atoms with Crippen molar-refractivity contribution < 1.29 is 9.90 Å². The fourth-order valence-electron chi connectivity index (χ4n) is 1.86. The molecule has 112 valence electrons. The van der Waals surface area contributed by atoms with Crippen molar-refractivity contribution >= 4 is 23.2 Å². The number of hydrogen-bond acceptors (Lipinski definition) is 4. The predicted molar refractivity (Wildman–Crippen MR) is 80.2 cm³/mol. The van der Waals surface area contributed by atoms with Crippen molar-refractivity contribution in [2.75, 3.05) is 11.9 Å². The van der Waals surface area contributed by atoms with E-state index in [2.05, 4.69) is 15.6 Å². The molecule has 1 aromatic carbocycles. The second kappa shape index (κ2) is 7.19. The van der Waals surface area contributed by atoms with Gasteiger partial charge in [0.2, 0.25) is 5.91 Å². The number of hydrogen-bond donors (Lipinski definition) is 2. The highest BCUT2D eigenvalue weighted by molar-refractivity contribution is 6.31. The molecule has 0 unspecified atom stereocenters. The van der Waals surface area contributed by atoms with Crippen molar-refractivity contribution in [3.05, 3.63) is 40.7 Å². The van der Waals surface area contributed by atoms with Crippen LogP contribution >= 0.6 is 11.6 Å². The van der Waals surface area contributed by atoms with Gasteiger partial charge in [-0.25, -0.2) is 4.68 Å². The SMILES string of the molecule is Cc1ccc(Cl)cc1NC(=O)Cn1cc(CCCO)nn1. The van der Waals surface area contributed by atoms with Crippen molar-refractivity contribution in [3.8, 4) is 0 Å². The molecule has 0 atom stereocenters. The number of aliphatic hydroxyl groups excluding tert-OH is 1. The Labute approximate surface area is 127 Å². The van der Waals surface area contributed by atoms with E-state index in [0.29, 0.717) is 23.6 Å². The maximum absolute atomic E-state index is 12.0. The predicted octanol–water partition coefficient (Wildman–Crippen LogP) is 1.80. The van der Waals surface area contributed by atoms with Crippen LogP contribution in [0.3, 0.4) is 0 Å². The third-order valence-corrected chi connectivity index (χ3v) is 3.19. The number of rotatable bonds is 6. The van der Waals surface area contributed by atoms with E-state index >= 15 is 0 Å². The molecule has 0 radical (unpaired) electrons. The molecule has 2 rings (SSSR count). The smallest absolute Gasteiger partial charge is 0.246 e. The zero-order chi connectivity index (χ0) is 15.2. The number of halogens is 1. The van der Waals surface area contributed by atoms with E-state index in [-0.39, 0.29) is 19.1 Å². The first-order valence-corrected chi connectivity index (χ1v) is 7.02. The van der Waals surface area contributed by atoms with Crippen LogP contribution < -0.4 is 5.32 Å². The van der Waals surface area contributed by atoms with E-state index in [1.807, 2.05) is 13.0 Å². The number of carbonyl (C=O) groups is 1. The fraction of sp³-hybridized carbons (Fsp3) is 0.357. The molecule has 1 amide bonds. The van der Waals surface area contributed by atoms with Crippen LogP contribution in [0.25, 0.3) is 0 Å². The molecule has 2 N–H and O–H groups in total. The summed E-state index contributed by atoms with van der Waals surface area (Å²) in [6.07, 6.45) is 2.98. The van der Waals surface area contributed by atoms with Gasteiger partial charge in [0.15, 0.2) is 0 Å². The van der Waals surface area contributed by atoms with Crippen LogP contribution in [0.1, 0.15) is 17.7 Å². The van der Waals surface area contributed by atoms with Crippen LogP contribution in [0.2, 0.25) is 5.02 Å². The zero-order valence-corrected chi connectivity index (χ0v) is 12.5. The average Bonchev–Trinajstić information content (AvgIpc) is 2.88. The highest BCUT2D eigenvalue weighted by Crippen LogP contribution is 2.20. The fourth-order valence-corrected chi connectivity index (χ4v) is 2.03. The van der Waals surface area contributed by atoms with Crippen LogP contribution in [0.15, 0.2) is 24.4 Å². The van der Waals surface area contributed by atoms with Gasteiger partial charge >= 0.3 is 0 Å². The number of anilines is 1. The van der Waals surface area contributed by atoms with Gasteiger partial charge in [0.25, 0.3) is 0 Å². The van der Waals surface area contributed by atoms with E-state index in [4.69, 9.17) is 16.7 Å². The molecule has 1 heterocycles. The van der Waals surface area contributed by atoms with Gasteiger partial charge < -0.3 is 10.4 Å². The number of aryl methyl sites for hydroxylation is 2. The third-order valence-electron chi connectivity index (χ3n) is 2.96. The van der Waals surface area contributed by atoms with Gasteiger partial charge in [0.05, 0.1) is 5.69 Å². The van der Waals surface area contributed by atoms with Crippen LogP contribution in [0.4, 0.5) is 5.69 Å². The van der Waals surface area contributed by atoms with Gasteiger partial charge in [0.1, 0.15) is 6.54 Å². The first kappa shape index (κ1) is 15.5. The molecular weight excluding hydrogens is 292 g/mol. The Morgan fingerprint density at radius 3 is 3.05 bits per heavy atom. The summed E-state index contributed by atoms with van der Waals surface area (Å²) in [5.41, 5.74) is 2.39. The number of nitrogens with one attached hydrogen (secondary N) is 1. The lowest BCUT2D eigenvalue weighted by Gasteiger charge is -2.08. The van der Waals surface area contributed by atoms with Gasteiger partial charge in [-0.15, -0.1) is 5.10 Å². The Hall–Kier alpha value is -1.92. The molecule has 0 fully saturated rings. The van der Waals surface area contributed by atoms with Gasteiger partial charge in [0, 0.05) is 23.5 Å². The summed E-state index contributed by atoms with van der Waals surface area (Å²) in [4.78, 5) is 12.0. The Bertz CT molecular complexity index is 627. The molecule has 0 saturated carbocycles. The van der Waals surface area contributed by atoms with Gasteiger partial charge in [-0.05, 0) is 37.5 Å². The van der Waals surface area contributed by atoms with Gasteiger partial charge in [-0.1, -0.05) is 22.9 Å². The molecule has 6 nitrogen and oxygen atoms in total. The van der Waals surface area contributed by atoms with E-state index in [1.165, 1.54) is 4.68 Å². The van der Waals surface area contributed by atoms with Crippen molar-refractivity contribution in [1.29, 1.82) is 0 Å². The van der Waals surface area contributed by atoms with Crippen molar-refractivity contribution in [1.82, 2.24) is 15.0 Å². The maximum Gasteiger partial charge on any atom is 0.246 e. The Kier molecular flexibility index (Phi) is 5.30. The molecule has 0 bridgehead atoms. The molecule has 0 saturated heterocycles. The molecule has 0 aliphatic rings. The lowest BCUT2D eigenvalue weighted by Crippen LogP contribution is -2.19. The monoisotopic (exact) mass is 308 g/mol. The minimum Gasteiger partial charge on any atom is -0.396 e. The third kappa shape index (κ3) is 4.54. The zero-order valence-electron chi connectivity index (χ0n) is 11.7. The maximum atomic E-state index is 12.0. The highest BCUT2D eigenvalue weighted by atomic mass is 35.5. The van der Waals surface area contributed by atoms with Gasteiger partial charge in [-0.3, -0.25) is 4.79 Å². The van der Waals surface area contributed by atoms with Gasteiger partial charge in [-0.2, -0.15) is 0 Å². The Balaban J connectivity index is 1.95. The minimum atomic E-state index is -0.195. The van der Waals surface area contributed by atoms with Crippen molar-refractivity contribution in [3.63, 3.8) is 0 Å². The quantitative estimate of drug-likeness (QED) is 0.853. The summed E-state index contributed by atoms with van der Waals surface area (Å²) < 4.78 is 1.47. The molecule has 0 aliphatic heterocycles. The van der Waals surface area contributed by atoms with Crippen molar-refractivity contribution in [2.24, 2.45) is 0 Å². The lowest BCUT2D eigenvalue weighted by molar-refractivity contribution is -0.116. The molecule has 0 aliphatic carbocycles. The molecule has 2 aromatic rings. The number of nitrogens with zero attached hydrogens (tertiary/aromatic N) is 3. The van der Waals surface area contributed by atoms with Crippen molar-refractivity contribution in [2.45, 2.75) is 26.3 Å². The Morgan fingerprint density at radius 1 is 1.48 bits per heavy atom. The number of aliphatic hydroxyl groups is 1. The molecule has 7 heteroatoms. The number of aromatic nitrogens is 3. The second-order valence-corrected chi connectivity index (χ2v) is 5.18. The molecule has 1 aromatic heterocycles. The van der Waals surface area contributed by atoms with E-state index in [0.717, 1.165) is 11.3 Å². The Morgan fingerprint density at radius 2 is 2.29 bits per heavy atom. The number of amides is 1. The summed E-state index contributed by atoms with van der Waals surface area (Å²) in [5, 5.41) is 20.0. The highest BCUT2D eigenvalue weighted by Gasteiger charge is 2.08. The average molecular weight is 309 g/mol. The van der Waals surface area contributed by atoms with E-state index in [9.17, 15) is 4.79 Å². The first-order chi connectivity index (χ1) is 10.1. The van der Waals surface area contributed by atoms with Crippen LogP contribution in [-0.2, 0) is 17.8 Å².